The van der Waals surface area contributed by atoms with Gasteiger partial charge in [0.15, 0.2) is 11.3 Å². The van der Waals surface area contributed by atoms with Gasteiger partial charge in [-0.15, -0.1) is 0 Å². The Morgan fingerprint density at radius 1 is 1.13 bits per heavy atom. The van der Waals surface area contributed by atoms with Crippen molar-refractivity contribution >= 4 is 33.5 Å². The van der Waals surface area contributed by atoms with Crippen LogP contribution in [0, 0.1) is 0 Å². The number of nitrogens with zero attached hydrogens (tertiary/aromatic N) is 4. The quantitative estimate of drug-likeness (QED) is 0.309. The van der Waals surface area contributed by atoms with Crippen molar-refractivity contribution in [2.24, 2.45) is 5.11 Å². The zero-order chi connectivity index (χ0) is 16.2. The fraction of sp³-hybridized carbons (Fsp3) is 0.176. The third-order valence-electron chi connectivity index (χ3n) is 4.60. The van der Waals surface area contributed by atoms with Gasteiger partial charge in [-0.25, -0.2) is 0 Å². The molecule has 2 aromatic carbocycles. The van der Waals surface area contributed by atoms with E-state index >= 15 is 0 Å². The lowest BCUT2D eigenvalue weighted by atomic mass is 9.83. The highest BCUT2D eigenvalue weighted by Gasteiger charge is 2.49. The summed E-state index contributed by atoms with van der Waals surface area (Å²) in [6.07, 6.45) is 0.122. The van der Waals surface area contributed by atoms with Gasteiger partial charge in [0.1, 0.15) is 0 Å². The Morgan fingerprint density at radius 3 is 2.61 bits per heavy atom. The van der Waals surface area contributed by atoms with Gasteiger partial charge in [0, 0.05) is 21.2 Å². The third-order valence-corrected chi connectivity index (χ3v) is 4.60. The third kappa shape index (κ3) is 1.45. The van der Waals surface area contributed by atoms with Crippen molar-refractivity contribution in [1.29, 1.82) is 0 Å². The molecule has 0 saturated heterocycles. The first-order valence-electron chi connectivity index (χ1n) is 7.33. The topological polar surface area (TPSA) is 87.8 Å². The first-order valence-corrected chi connectivity index (χ1v) is 7.33. The predicted octanol–water partition coefficient (Wildman–Crippen LogP) is 4.09. The molecule has 1 aromatic heterocycles. The van der Waals surface area contributed by atoms with Crippen LogP contribution < -0.4 is 0 Å². The van der Waals surface area contributed by atoms with Crippen molar-refractivity contribution < 1.29 is 9.59 Å². The second-order valence-electron chi connectivity index (χ2n) is 5.59. The van der Waals surface area contributed by atoms with Gasteiger partial charge < -0.3 is 0 Å². The Kier molecular flexibility index (Phi) is 2.62. The number of azide groups is 1. The van der Waals surface area contributed by atoms with Crippen LogP contribution in [0.5, 0.6) is 0 Å². The molecule has 0 fully saturated rings. The Morgan fingerprint density at radius 2 is 1.87 bits per heavy atom. The summed E-state index contributed by atoms with van der Waals surface area (Å²) in [5.41, 5.74) is 8.93. The van der Waals surface area contributed by atoms with Crippen LogP contribution in [0.2, 0.25) is 0 Å². The number of fused-ring (bicyclic) bond motifs is 3. The maximum Gasteiger partial charge on any atom is 0.251 e. The molecule has 0 bridgehead atoms. The minimum atomic E-state index is -1.71. The van der Waals surface area contributed by atoms with Crippen LogP contribution in [-0.4, -0.2) is 21.8 Å². The molecular weight excluding hydrogens is 292 g/mol. The van der Waals surface area contributed by atoms with E-state index in [1.807, 2.05) is 30.3 Å². The minimum Gasteiger partial charge on any atom is -0.293 e. The van der Waals surface area contributed by atoms with Gasteiger partial charge in [0.25, 0.3) is 5.91 Å². The summed E-state index contributed by atoms with van der Waals surface area (Å²) in [6, 6.07) is 12.9. The number of carbonyl (C=O) groups is 2. The highest BCUT2D eigenvalue weighted by Crippen LogP contribution is 2.39. The monoisotopic (exact) mass is 304 g/mol. The van der Waals surface area contributed by atoms with Gasteiger partial charge in [0.05, 0.1) is 11.0 Å². The summed E-state index contributed by atoms with van der Waals surface area (Å²) in [7, 11) is 0. The molecule has 0 aliphatic carbocycles. The number of ketones is 1. The summed E-state index contributed by atoms with van der Waals surface area (Å²) in [6.45, 7) is 1.68. The molecule has 2 heterocycles. The fourth-order valence-electron chi connectivity index (χ4n) is 3.46. The first kappa shape index (κ1) is 13.5. The van der Waals surface area contributed by atoms with Crippen molar-refractivity contribution in [1.82, 2.24) is 4.57 Å². The van der Waals surface area contributed by atoms with Crippen molar-refractivity contribution in [2.45, 2.75) is 18.9 Å². The average Bonchev–Trinajstić information content (AvgIpc) is 2.92. The smallest absolute Gasteiger partial charge is 0.251 e. The van der Waals surface area contributed by atoms with Crippen LogP contribution in [0.1, 0.15) is 28.5 Å². The number of carbonyl (C=O) groups excluding carboxylic acids is 2. The normalized spacial score (nSPS) is 20.0. The van der Waals surface area contributed by atoms with E-state index in [1.54, 1.807) is 19.1 Å². The molecule has 1 atom stereocenters. The number of para-hydroxylation sites is 2. The molecule has 112 valence electrons. The standard InChI is InChI=1S/C17H12N4O2/c1-2-17(19-20-18)15(22)12-8-5-7-11-10-6-3-4-9-13(10)21(14(11)12)16(17)23/h3-9H,2H2,1H3. The number of aromatic nitrogens is 1. The van der Waals surface area contributed by atoms with Crippen LogP contribution in [-0.2, 0) is 0 Å². The van der Waals surface area contributed by atoms with Crippen LogP contribution in [0.3, 0.4) is 0 Å². The largest absolute Gasteiger partial charge is 0.293 e. The first-order chi connectivity index (χ1) is 11.2. The summed E-state index contributed by atoms with van der Waals surface area (Å²) in [5.74, 6) is -0.906. The van der Waals surface area contributed by atoms with Crippen LogP contribution in [0.15, 0.2) is 47.6 Å². The van der Waals surface area contributed by atoms with E-state index in [0.29, 0.717) is 11.1 Å². The fourth-order valence-corrected chi connectivity index (χ4v) is 3.46. The molecule has 23 heavy (non-hydrogen) atoms. The van der Waals surface area contributed by atoms with E-state index in [0.717, 1.165) is 16.3 Å². The van der Waals surface area contributed by atoms with E-state index in [-0.39, 0.29) is 6.42 Å². The van der Waals surface area contributed by atoms with Gasteiger partial charge in [-0.1, -0.05) is 42.4 Å². The highest BCUT2D eigenvalue weighted by molar-refractivity contribution is 6.31. The Hall–Kier alpha value is -3.11. The molecular formula is C17H12N4O2. The number of benzene rings is 2. The molecule has 0 N–H and O–H groups in total. The SMILES string of the molecule is CCC1(N=[N+]=[N-])C(=O)c2cccc3c4ccccc4n(c23)C1=O. The summed E-state index contributed by atoms with van der Waals surface area (Å²) >= 11 is 0. The number of hydrogen-bond donors (Lipinski definition) is 0. The zero-order valence-electron chi connectivity index (χ0n) is 12.4. The number of hydrogen-bond acceptors (Lipinski definition) is 3. The van der Waals surface area contributed by atoms with Crippen LogP contribution in [0.4, 0.5) is 0 Å². The van der Waals surface area contributed by atoms with E-state index in [4.69, 9.17) is 5.53 Å². The molecule has 0 spiro atoms. The molecule has 0 amide bonds. The molecule has 0 saturated carbocycles. The molecule has 1 unspecified atom stereocenters. The maximum absolute atomic E-state index is 13.1. The lowest BCUT2D eigenvalue weighted by Gasteiger charge is -2.30. The molecule has 1 aliphatic heterocycles. The molecule has 3 aromatic rings. The average molecular weight is 304 g/mol. The van der Waals surface area contributed by atoms with Gasteiger partial charge in [-0.05, 0) is 24.1 Å². The van der Waals surface area contributed by atoms with Crippen molar-refractivity contribution in [2.75, 3.05) is 0 Å². The summed E-state index contributed by atoms with van der Waals surface area (Å²) in [4.78, 5) is 28.8. The van der Waals surface area contributed by atoms with Crippen LogP contribution in [0.25, 0.3) is 32.2 Å². The van der Waals surface area contributed by atoms with Crippen molar-refractivity contribution in [3.63, 3.8) is 0 Å². The Labute approximate surface area is 130 Å². The van der Waals surface area contributed by atoms with E-state index < -0.39 is 17.2 Å². The van der Waals surface area contributed by atoms with E-state index in [1.165, 1.54) is 4.57 Å². The van der Waals surface area contributed by atoms with Crippen LogP contribution >= 0.6 is 0 Å². The highest BCUT2D eigenvalue weighted by atomic mass is 16.2. The zero-order valence-corrected chi connectivity index (χ0v) is 12.4. The molecule has 6 nitrogen and oxygen atoms in total. The molecule has 4 rings (SSSR count). The maximum atomic E-state index is 13.1. The second kappa shape index (κ2) is 4.44. The van der Waals surface area contributed by atoms with Gasteiger partial charge in [-0.2, -0.15) is 0 Å². The minimum absolute atomic E-state index is 0.122. The van der Waals surface area contributed by atoms with E-state index in [2.05, 4.69) is 10.0 Å². The van der Waals surface area contributed by atoms with E-state index in [9.17, 15) is 9.59 Å². The Bertz CT molecular complexity index is 1060. The van der Waals surface area contributed by atoms with Gasteiger partial charge in [-0.3, -0.25) is 14.2 Å². The lowest BCUT2D eigenvalue weighted by Crippen LogP contribution is -2.49. The number of Topliss-reactive ketones (excluding diaryl/α,β-unsaturated/α-hetero) is 1. The second-order valence-corrected chi connectivity index (χ2v) is 5.59. The lowest BCUT2D eigenvalue weighted by molar-refractivity contribution is 0.0704. The molecule has 1 aliphatic rings. The van der Waals surface area contributed by atoms with Crippen molar-refractivity contribution in [3.8, 4) is 0 Å². The molecule has 0 radical (unpaired) electrons. The summed E-state index contributed by atoms with van der Waals surface area (Å²) < 4.78 is 1.53. The van der Waals surface area contributed by atoms with Gasteiger partial charge >= 0.3 is 0 Å². The summed E-state index contributed by atoms with van der Waals surface area (Å²) in [5, 5.41) is 5.38. The predicted molar refractivity (Wildman–Crippen MR) is 86.6 cm³/mol. The Balaban J connectivity index is 2.26. The molecule has 6 heteroatoms. The van der Waals surface area contributed by atoms with Gasteiger partial charge in [0.2, 0.25) is 0 Å². The number of rotatable bonds is 2. The van der Waals surface area contributed by atoms with Crippen molar-refractivity contribution in [3.05, 3.63) is 58.5 Å².